The lowest BCUT2D eigenvalue weighted by Crippen LogP contribution is -2.14. The third-order valence-corrected chi connectivity index (χ3v) is 6.97. The van der Waals surface area contributed by atoms with E-state index in [1.807, 2.05) is 41.3 Å². The number of benzene rings is 2. The lowest BCUT2D eigenvalue weighted by atomic mass is 9.95. The summed E-state index contributed by atoms with van der Waals surface area (Å²) in [5.74, 6) is 0.0580. The van der Waals surface area contributed by atoms with Crippen LogP contribution in [0.25, 0.3) is 44.2 Å². The second-order valence-corrected chi connectivity index (χ2v) is 9.17. The predicted octanol–water partition coefficient (Wildman–Crippen LogP) is 5.36. The van der Waals surface area contributed by atoms with E-state index >= 15 is 0 Å². The van der Waals surface area contributed by atoms with E-state index in [-0.39, 0.29) is 5.56 Å². The summed E-state index contributed by atoms with van der Waals surface area (Å²) in [6.07, 6.45) is 7.22. The van der Waals surface area contributed by atoms with E-state index in [1.165, 1.54) is 6.07 Å². The van der Waals surface area contributed by atoms with Crippen molar-refractivity contribution < 1.29 is 4.39 Å². The maximum absolute atomic E-state index is 14.7. The normalized spacial score (nSPS) is 15.7. The highest BCUT2D eigenvalue weighted by Crippen LogP contribution is 2.38. The van der Waals surface area contributed by atoms with Crippen LogP contribution in [0.3, 0.4) is 0 Å². The molecule has 0 radical (unpaired) electrons. The largest absolute Gasteiger partial charge is 0.346 e. The first kappa shape index (κ1) is 21.5. The fourth-order valence-electron chi connectivity index (χ4n) is 5.12. The molecule has 6 rings (SSSR count). The number of hydrogen-bond acceptors (Lipinski definition) is 4. The predicted molar refractivity (Wildman–Crippen MR) is 135 cm³/mol. The lowest BCUT2D eigenvalue weighted by molar-refractivity contribution is 0.491. The highest BCUT2D eigenvalue weighted by Gasteiger charge is 2.20. The third kappa shape index (κ3) is 3.76. The summed E-state index contributed by atoms with van der Waals surface area (Å²) in [5, 5.41) is 19.3. The van der Waals surface area contributed by atoms with Gasteiger partial charge < -0.3 is 9.88 Å². The van der Waals surface area contributed by atoms with Gasteiger partial charge in [0.25, 0.3) is 0 Å². The van der Waals surface area contributed by atoms with Gasteiger partial charge in [-0.3, -0.25) is 9.67 Å². The quantitative estimate of drug-likeness (QED) is 0.380. The summed E-state index contributed by atoms with van der Waals surface area (Å²) in [6.45, 7) is 5.85. The first-order valence-electron chi connectivity index (χ1n) is 12.0. The lowest BCUT2D eigenvalue weighted by Gasteiger charge is -2.14. The monoisotopic (exact) mass is 464 g/mol. The van der Waals surface area contributed by atoms with E-state index in [0.717, 1.165) is 71.2 Å². The second-order valence-electron chi connectivity index (χ2n) is 9.17. The Balaban J connectivity index is 1.55. The van der Waals surface area contributed by atoms with Crippen LogP contribution in [0, 0.1) is 23.1 Å². The van der Waals surface area contributed by atoms with Crippen LogP contribution in [-0.2, 0) is 13.1 Å². The highest BCUT2D eigenvalue weighted by molar-refractivity contribution is 6.02. The zero-order chi connectivity index (χ0) is 23.9. The molecule has 1 saturated heterocycles. The molecule has 0 saturated carbocycles. The number of nitriles is 1. The van der Waals surface area contributed by atoms with Crippen LogP contribution in [0.1, 0.15) is 18.9 Å². The van der Waals surface area contributed by atoms with E-state index in [1.54, 1.807) is 6.07 Å². The van der Waals surface area contributed by atoms with Crippen LogP contribution in [0.15, 0.2) is 61.1 Å². The fourth-order valence-corrected chi connectivity index (χ4v) is 5.12. The van der Waals surface area contributed by atoms with E-state index in [0.29, 0.717) is 11.5 Å². The van der Waals surface area contributed by atoms with Crippen LogP contribution in [0.5, 0.6) is 0 Å². The Kier molecular flexibility index (Phi) is 5.31. The van der Waals surface area contributed by atoms with Crippen LogP contribution in [0.4, 0.5) is 4.39 Å². The maximum atomic E-state index is 14.7. The smallest absolute Gasteiger partial charge is 0.141 e. The first-order chi connectivity index (χ1) is 17.1. The molecule has 1 atom stereocenters. The van der Waals surface area contributed by atoms with Crippen molar-refractivity contribution in [3.8, 4) is 28.5 Å². The van der Waals surface area contributed by atoms with Gasteiger partial charge >= 0.3 is 0 Å². The molecule has 0 amide bonds. The summed E-state index contributed by atoms with van der Waals surface area (Å²) in [5.41, 5.74) is 5.31. The number of fused-ring (bicyclic) bond motifs is 2. The average molecular weight is 465 g/mol. The van der Waals surface area contributed by atoms with Crippen LogP contribution in [-0.4, -0.2) is 32.4 Å². The summed E-state index contributed by atoms with van der Waals surface area (Å²) in [4.78, 5) is 4.92. The molecule has 1 aliphatic heterocycles. The standard InChI is InChI=1S/C28H25FN6/c1-2-35-17-22-11-20(5-6-25(22)33-35)28-27(19-3-4-21(13-30)24(29)12-19)23-8-10-34(26(23)15-32-28)16-18-7-9-31-14-18/h3-6,8,10-12,15,17-18,31H,2,7,9,14,16H2,1H3. The minimum atomic E-state index is -0.524. The minimum Gasteiger partial charge on any atom is -0.346 e. The van der Waals surface area contributed by atoms with Crippen molar-refractivity contribution in [2.75, 3.05) is 13.1 Å². The molecular formula is C28H25FN6. The first-order valence-corrected chi connectivity index (χ1v) is 12.0. The second kappa shape index (κ2) is 8.64. The van der Waals surface area contributed by atoms with Crippen molar-refractivity contribution in [3.05, 3.63) is 72.4 Å². The van der Waals surface area contributed by atoms with Gasteiger partial charge in [-0.05, 0) is 68.2 Å². The maximum Gasteiger partial charge on any atom is 0.141 e. The molecular weight excluding hydrogens is 439 g/mol. The molecule has 7 heteroatoms. The summed E-state index contributed by atoms with van der Waals surface area (Å²) < 4.78 is 18.9. The van der Waals surface area contributed by atoms with Crippen molar-refractivity contribution >= 4 is 21.8 Å². The fraction of sp³-hybridized carbons (Fsp3) is 0.250. The molecule has 0 spiro atoms. The van der Waals surface area contributed by atoms with Gasteiger partial charge in [0, 0.05) is 47.4 Å². The number of rotatable bonds is 5. The molecule has 5 aromatic rings. The van der Waals surface area contributed by atoms with Gasteiger partial charge in [0.1, 0.15) is 11.9 Å². The SMILES string of the molecule is CCn1cc2cc(-c3ncc4c(ccn4CC4CCNC4)c3-c3ccc(C#N)c(F)c3)ccc2n1. The number of nitrogens with zero attached hydrogens (tertiary/aromatic N) is 5. The number of hydrogen-bond donors (Lipinski definition) is 1. The number of halogens is 1. The summed E-state index contributed by atoms with van der Waals surface area (Å²) in [7, 11) is 0. The molecule has 1 unspecified atom stereocenters. The highest BCUT2D eigenvalue weighted by atomic mass is 19.1. The van der Waals surface area contributed by atoms with Crippen molar-refractivity contribution in [1.82, 2.24) is 24.6 Å². The molecule has 3 aromatic heterocycles. The van der Waals surface area contributed by atoms with Gasteiger partial charge in [0.15, 0.2) is 0 Å². The van der Waals surface area contributed by atoms with Gasteiger partial charge in [-0.15, -0.1) is 0 Å². The molecule has 1 aliphatic rings. The van der Waals surface area contributed by atoms with Gasteiger partial charge in [0.2, 0.25) is 0 Å². The van der Waals surface area contributed by atoms with E-state index in [2.05, 4.69) is 40.2 Å². The van der Waals surface area contributed by atoms with E-state index in [9.17, 15) is 9.65 Å². The molecule has 174 valence electrons. The molecule has 4 heterocycles. The van der Waals surface area contributed by atoms with E-state index in [4.69, 9.17) is 4.98 Å². The summed E-state index contributed by atoms with van der Waals surface area (Å²) in [6, 6.07) is 14.9. The van der Waals surface area contributed by atoms with Crippen molar-refractivity contribution in [1.29, 1.82) is 5.26 Å². The molecule has 0 bridgehead atoms. The summed E-state index contributed by atoms with van der Waals surface area (Å²) >= 11 is 0. The van der Waals surface area contributed by atoms with Crippen LogP contribution >= 0.6 is 0 Å². The number of aromatic nitrogens is 4. The zero-order valence-electron chi connectivity index (χ0n) is 19.5. The Hall–Kier alpha value is -4.02. The Morgan fingerprint density at radius 1 is 1.17 bits per heavy atom. The minimum absolute atomic E-state index is 0.0372. The van der Waals surface area contributed by atoms with Gasteiger partial charge in [-0.25, -0.2) is 4.39 Å². The van der Waals surface area contributed by atoms with Gasteiger partial charge in [-0.2, -0.15) is 10.4 Å². The molecule has 2 aromatic carbocycles. The van der Waals surface area contributed by atoms with Gasteiger partial charge in [0.05, 0.1) is 28.5 Å². The molecule has 0 aliphatic carbocycles. The topological polar surface area (TPSA) is 71.5 Å². The Morgan fingerprint density at radius 2 is 2.06 bits per heavy atom. The van der Waals surface area contributed by atoms with Crippen molar-refractivity contribution in [2.24, 2.45) is 5.92 Å². The molecule has 35 heavy (non-hydrogen) atoms. The molecule has 6 nitrogen and oxygen atoms in total. The number of nitrogens with one attached hydrogen (secondary N) is 1. The number of pyridine rings is 1. The van der Waals surface area contributed by atoms with Gasteiger partial charge in [-0.1, -0.05) is 12.1 Å². The third-order valence-electron chi connectivity index (χ3n) is 6.97. The average Bonchev–Trinajstić information content (AvgIpc) is 3.63. The molecule has 1 N–H and O–H groups in total. The van der Waals surface area contributed by atoms with Crippen molar-refractivity contribution in [3.63, 3.8) is 0 Å². The van der Waals surface area contributed by atoms with E-state index < -0.39 is 5.82 Å². The van der Waals surface area contributed by atoms with Crippen LogP contribution in [0.2, 0.25) is 0 Å². The molecule has 1 fully saturated rings. The Bertz CT molecular complexity index is 1600. The van der Waals surface area contributed by atoms with Crippen molar-refractivity contribution in [2.45, 2.75) is 26.4 Å². The Labute approximate surface area is 202 Å². The Morgan fingerprint density at radius 3 is 2.83 bits per heavy atom. The number of aryl methyl sites for hydroxylation is 1. The zero-order valence-corrected chi connectivity index (χ0v) is 19.5. The van der Waals surface area contributed by atoms with Crippen LogP contribution < -0.4 is 5.32 Å².